The number of allylic oxidation sites excluding steroid dienone is 8. The smallest absolute Gasteiger partial charge is 0.0649 e. The third kappa shape index (κ3) is 9.93. The minimum Gasteiger partial charge on any atom is -0.361 e. The Morgan fingerprint density at radius 2 is 1.25 bits per heavy atom. The van der Waals surface area contributed by atoms with E-state index in [4.69, 9.17) is 5.41 Å². The number of rotatable bonds is 8. The number of para-hydroxylation sites is 3. The fraction of sp³-hybridized carbons (Fsp3) is 0.150. The molecule has 2 heterocycles. The van der Waals surface area contributed by atoms with E-state index < -0.39 is 0 Å². The first kappa shape index (κ1) is 46.1. The highest BCUT2D eigenvalue weighted by Gasteiger charge is 2.36. The van der Waals surface area contributed by atoms with Gasteiger partial charge in [-0.05, 0) is 103 Å². The summed E-state index contributed by atoms with van der Waals surface area (Å²) in [5.74, 6) is 0. The van der Waals surface area contributed by atoms with Crippen molar-refractivity contribution in [3.63, 3.8) is 0 Å². The number of fused-ring (bicyclic) bond motifs is 5. The van der Waals surface area contributed by atoms with Crippen LogP contribution < -0.4 is 10.2 Å². The molecule has 2 N–H and O–H groups in total. The average Bonchev–Trinajstić information content (AvgIpc) is 3.67. The zero-order valence-corrected chi connectivity index (χ0v) is 38.6. The SMILES string of the molecule is C=CC=C.CC.CC/C=C\C=C(C)C.CC1(C)c2ccccc2N(c2ccc(-n3c4c(c5ccccc53)C=CC(=N)/C4=C\Nc3cccc(-c4ccccc4)c3)cc2)c2ccccc21. The van der Waals surface area contributed by atoms with Gasteiger partial charge >= 0.3 is 0 Å². The Kier molecular flexibility index (Phi) is 15.5. The maximum atomic E-state index is 9.08. The Morgan fingerprint density at radius 1 is 0.672 bits per heavy atom. The van der Waals surface area contributed by atoms with Crippen molar-refractivity contribution < 1.29 is 0 Å². The zero-order chi connectivity index (χ0) is 45.6. The summed E-state index contributed by atoms with van der Waals surface area (Å²) in [6.45, 7) is 21.7. The van der Waals surface area contributed by atoms with Crippen LogP contribution in [0.25, 0.3) is 39.4 Å². The largest absolute Gasteiger partial charge is 0.361 e. The van der Waals surface area contributed by atoms with Crippen LogP contribution in [-0.2, 0) is 5.41 Å². The lowest BCUT2D eigenvalue weighted by Crippen LogP contribution is -2.30. The highest BCUT2D eigenvalue weighted by Crippen LogP contribution is 2.51. The van der Waals surface area contributed by atoms with E-state index in [9.17, 15) is 0 Å². The maximum Gasteiger partial charge on any atom is 0.0649 e. The molecule has 1 aromatic heterocycles. The molecule has 1 aliphatic heterocycles. The first-order valence-electron chi connectivity index (χ1n) is 22.3. The Labute approximate surface area is 382 Å². The van der Waals surface area contributed by atoms with Crippen molar-refractivity contribution >= 4 is 51.0 Å². The molecule has 0 radical (unpaired) electrons. The van der Waals surface area contributed by atoms with Crippen LogP contribution in [0.15, 0.2) is 213 Å². The van der Waals surface area contributed by atoms with Crippen molar-refractivity contribution in [2.75, 3.05) is 10.2 Å². The van der Waals surface area contributed by atoms with E-state index in [2.05, 4.69) is 232 Å². The summed E-state index contributed by atoms with van der Waals surface area (Å²) < 4.78 is 2.31. The summed E-state index contributed by atoms with van der Waals surface area (Å²) in [7, 11) is 0. The summed E-state index contributed by atoms with van der Waals surface area (Å²) >= 11 is 0. The third-order valence-electron chi connectivity index (χ3n) is 11.2. The van der Waals surface area contributed by atoms with Crippen LogP contribution >= 0.6 is 0 Å². The molecule has 0 fully saturated rings. The molecule has 0 amide bonds. The van der Waals surface area contributed by atoms with Crippen molar-refractivity contribution in [2.24, 2.45) is 0 Å². The first-order chi connectivity index (χ1) is 31.2. The molecule has 322 valence electrons. The number of benzene rings is 6. The predicted octanol–water partition coefficient (Wildman–Crippen LogP) is 17.2. The van der Waals surface area contributed by atoms with Gasteiger partial charge in [-0.2, -0.15) is 0 Å². The number of aromatic nitrogens is 1. The number of hydrogen-bond donors (Lipinski definition) is 2. The molecule has 1 aliphatic carbocycles. The number of anilines is 4. The van der Waals surface area contributed by atoms with E-state index in [1.165, 1.54) is 33.6 Å². The van der Waals surface area contributed by atoms with E-state index in [1.807, 2.05) is 32.2 Å². The Hall–Kier alpha value is -7.43. The molecule has 4 nitrogen and oxygen atoms in total. The second kappa shape index (κ2) is 21.6. The minimum atomic E-state index is -0.107. The van der Waals surface area contributed by atoms with Crippen LogP contribution in [0.4, 0.5) is 22.7 Å². The fourth-order valence-electron chi connectivity index (χ4n) is 8.17. The molecule has 9 rings (SSSR count). The van der Waals surface area contributed by atoms with E-state index in [0.29, 0.717) is 5.71 Å². The summed E-state index contributed by atoms with van der Waals surface area (Å²) in [5, 5.41) is 13.8. The van der Waals surface area contributed by atoms with Crippen molar-refractivity contribution in [1.82, 2.24) is 4.57 Å². The summed E-state index contributed by atoms with van der Waals surface area (Å²) in [5.41, 5.74) is 16.3. The van der Waals surface area contributed by atoms with Crippen LogP contribution in [-0.4, -0.2) is 10.3 Å². The fourth-order valence-corrected chi connectivity index (χ4v) is 8.17. The Bertz CT molecular complexity index is 2780. The van der Waals surface area contributed by atoms with Gasteiger partial charge in [0.25, 0.3) is 0 Å². The van der Waals surface area contributed by atoms with Gasteiger partial charge in [-0.25, -0.2) is 0 Å². The molecule has 0 spiro atoms. The summed E-state index contributed by atoms with van der Waals surface area (Å²) in [4.78, 5) is 2.39. The summed E-state index contributed by atoms with van der Waals surface area (Å²) in [6.07, 6.45) is 16.7. The van der Waals surface area contributed by atoms with Gasteiger partial charge in [-0.15, -0.1) is 0 Å². The van der Waals surface area contributed by atoms with Crippen molar-refractivity contribution in [1.29, 1.82) is 5.41 Å². The molecule has 4 heteroatoms. The van der Waals surface area contributed by atoms with Gasteiger partial charge in [-0.3, -0.25) is 0 Å². The number of nitrogens with one attached hydrogen (secondary N) is 2. The topological polar surface area (TPSA) is 44.1 Å². The number of nitrogens with zero attached hydrogens (tertiary/aromatic N) is 2. The molecular formula is C60H62N4. The van der Waals surface area contributed by atoms with E-state index in [0.717, 1.165) is 56.8 Å². The van der Waals surface area contributed by atoms with E-state index >= 15 is 0 Å². The molecule has 0 saturated heterocycles. The Balaban J connectivity index is 0.000000427. The van der Waals surface area contributed by atoms with Gasteiger partial charge in [0.1, 0.15) is 0 Å². The average molecular weight is 839 g/mol. The van der Waals surface area contributed by atoms with Gasteiger partial charge in [0.2, 0.25) is 0 Å². The van der Waals surface area contributed by atoms with E-state index in [-0.39, 0.29) is 5.41 Å². The monoisotopic (exact) mass is 838 g/mol. The van der Waals surface area contributed by atoms with E-state index in [1.54, 1.807) is 12.2 Å². The second-order valence-corrected chi connectivity index (χ2v) is 16.1. The van der Waals surface area contributed by atoms with Crippen LogP contribution in [0, 0.1) is 5.41 Å². The van der Waals surface area contributed by atoms with Crippen molar-refractivity contribution in [3.8, 4) is 16.8 Å². The van der Waals surface area contributed by atoms with Crippen molar-refractivity contribution in [2.45, 2.75) is 60.3 Å². The lowest BCUT2D eigenvalue weighted by atomic mass is 9.73. The third-order valence-corrected chi connectivity index (χ3v) is 11.2. The highest BCUT2D eigenvalue weighted by atomic mass is 15.2. The van der Waals surface area contributed by atoms with Crippen LogP contribution in [0.2, 0.25) is 0 Å². The van der Waals surface area contributed by atoms with Crippen LogP contribution in [0.1, 0.15) is 77.3 Å². The van der Waals surface area contributed by atoms with Gasteiger partial charge in [-0.1, -0.05) is 187 Å². The number of hydrogen-bond acceptors (Lipinski definition) is 3. The Morgan fingerprint density at radius 3 is 1.88 bits per heavy atom. The molecule has 6 aromatic carbocycles. The lowest BCUT2D eigenvalue weighted by Gasteiger charge is -2.42. The highest BCUT2D eigenvalue weighted by molar-refractivity contribution is 6.32. The lowest BCUT2D eigenvalue weighted by molar-refractivity contribution is 0.632. The molecule has 0 unspecified atom stereocenters. The normalized spacial score (nSPS) is 13.5. The van der Waals surface area contributed by atoms with Gasteiger partial charge in [0, 0.05) is 45.2 Å². The van der Waals surface area contributed by atoms with Crippen LogP contribution in [0.3, 0.4) is 0 Å². The molecule has 0 saturated carbocycles. The minimum absolute atomic E-state index is 0.107. The summed E-state index contributed by atoms with van der Waals surface area (Å²) in [6, 6.07) is 53.7. The second-order valence-electron chi connectivity index (χ2n) is 16.1. The van der Waals surface area contributed by atoms with Crippen LogP contribution in [0.5, 0.6) is 0 Å². The molecule has 7 aromatic rings. The molecule has 64 heavy (non-hydrogen) atoms. The quantitative estimate of drug-likeness (QED) is 0.150. The maximum absolute atomic E-state index is 9.08. The zero-order valence-electron chi connectivity index (χ0n) is 38.6. The van der Waals surface area contributed by atoms with Crippen molar-refractivity contribution in [3.05, 3.63) is 235 Å². The molecular weight excluding hydrogens is 777 g/mol. The molecule has 0 bridgehead atoms. The van der Waals surface area contributed by atoms with Gasteiger partial charge in [0.05, 0.1) is 28.3 Å². The standard InChI is InChI=1S/C46H36N4.C8H14.C4H6.C2H6/c1-46(2)39-18-7-10-21-43(39)49(44-22-11-8-19-40(44)46)34-23-25-35(26-24-34)50-42-20-9-6-17-36(42)37-27-28-41(47)38(45(37)50)30-48-33-16-12-15-32(29-33)31-13-4-3-5-14-31;1-4-5-6-7-8(2)3;1-3-4-2;1-2/h3-30,47-48H,1-2H3;5-7H,4H2,1-3H3;3-4H,1-2H2;1-2H3/b38-30+,47-41?;6-5-;;. The molecule has 0 atom stereocenters. The van der Waals surface area contributed by atoms with Gasteiger partial charge in [0.15, 0.2) is 0 Å². The molecule has 2 aliphatic rings. The van der Waals surface area contributed by atoms with Gasteiger partial charge < -0.3 is 20.2 Å². The predicted molar refractivity (Wildman–Crippen MR) is 281 cm³/mol. The first-order valence-corrected chi connectivity index (χ1v) is 22.3.